The Bertz CT molecular complexity index is 524. The van der Waals surface area contributed by atoms with E-state index in [2.05, 4.69) is 10.3 Å². The lowest BCUT2D eigenvalue weighted by Gasteiger charge is -2.12. The fraction of sp³-hybridized carbons (Fsp3) is 0.167. The minimum Gasteiger partial charge on any atom is -0.368 e. The minimum atomic E-state index is -0.454. The summed E-state index contributed by atoms with van der Waals surface area (Å²) in [5.74, 6) is -0.384. The van der Waals surface area contributed by atoms with Crippen molar-refractivity contribution in [2.75, 3.05) is 7.05 Å². The Hall–Kier alpha value is -1.94. The van der Waals surface area contributed by atoms with Crippen molar-refractivity contribution in [1.82, 2.24) is 10.3 Å². The van der Waals surface area contributed by atoms with Crippen molar-refractivity contribution in [3.63, 3.8) is 0 Å². The smallest absolute Gasteiger partial charge is 0.239 e. The van der Waals surface area contributed by atoms with Crippen LogP contribution in [0.1, 0.15) is 11.6 Å². The van der Waals surface area contributed by atoms with E-state index < -0.39 is 6.04 Å². The fourth-order valence-electron chi connectivity index (χ4n) is 1.75. The highest BCUT2D eigenvalue weighted by Gasteiger charge is 2.15. The normalized spacial score (nSPS) is 12.6. The maximum absolute atomic E-state index is 11.2. The molecule has 4 nitrogen and oxygen atoms in total. The Morgan fingerprint density at radius 2 is 2.25 bits per heavy atom. The summed E-state index contributed by atoms with van der Waals surface area (Å²) in [5.41, 5.74) is 7.07. The Balaban J connectivity index is 2.49. The molecule has 0 bridgehead atoms. The van der Waals surface area contributed by atoms with Crippen LogP contribution in [0.2, 0.25) is 0 Å². The fourth-order valence-corrected chi connectivity index (χ4v) is 1.75. The van der Waals surface area contributed by atoms with Gasteiger partial charge in [0.15, 0.2) is 0 Å². The van der Waals surface area contributed by atoms with Crippen molar-refractivity contribution in [1.29, 1.82) is 0 Å². The average molecular weight is 215 g/mol. The number of primary amides is 1. The van der Waals surface area contributed by atoms with Crippen LogP contribution in [0.15, 0.2) is 36.5 Å². The van der Waals surface area contributed by atoms with Crippen LogP contribution in [0.4, 0.5) is 0 Å². The third-order valence-electron chi connectivity index (χ3n) is 2.53. The van der Waals surface area contributed by atoms with E-state index in [1.807, 2.05) is 30.3 Å². The molecule has 1 aromatic carbocycles. The number of fused-ring (bicyclic) bond motifs is 1. The molecule has 16 heavy (non-hydrogen) atoms. The highest BCUT2D eigenvalue weighted by Crippen LogP contribution is 2.18. The lowest BCUT2D eigenvalue weighted by molar-refractivity contribution is -0.120. The Morgan fingerprint density at radius 3 is 2.94 bits per heavy atom. The number of rotatable bonds is 3. The van der Waals surface area contributed by atoms with Crippen LogP contribution in [0.3, 0.4) is 0 Å². The number of nitrogens with zero attached hydrogens (tertiary/aromatic N) is 1. The lowest BCUT2D eigenvalue weighted by Crippen LogP contribution is -2.31. The van der Waals surface area contributed by atoms with Gasteiger partial charge in [-0.05, 0) is 30.8 Å². The van der Waals surface area contributed by atoms with Gasteiger partial charge in [0.05, 0.1) is 5.52 Å². The van der Waals surface area contributed by atoms with Crippen molar-refractivity contribution in [2.45, 2.75) is 6.04 Å². The van der Waals surface area contributed by atoms with Crippen LogP contribution in [-0.2, 0) is 4.79 Å². The number of nitrogens with one attached hydrogen (secondary N) is 1. The molecule has 2 aromatic rings. The maximum Gasteiger partial charge on any atom is 0.239 e. The monoisotopic (exact) mass is 215 g/mol. The van der Waals surface area contributed by atoms with Gasteiger partial charge in [-0.2, -0.15) is 0 Å². The van der Waals surface area contributed by atoms with Gasteiger partial charge < -0.3 is 11.1 Å². The second-order valence-electron chi connectivity index (χ2n) is 3.58. The van der Waals surface area contributed by atoms with E-state index in [1.54, 1.807) is 13.2 Å². The number of amides is 1. The van der Waals surface area contributed by atoms with Crippen LogP contribution in [0.25, 0.3) is 10.9 Å². The summed E-state index contributed by atoms with van der Waals surface area (Å²) >= 11 is 0. The average Bonchev–Trinajstić information content (AvgIpc) is 2.29. The van der Waals surface area contributed by atoms with E-state index in [-0.39, 0.29) is 5.91 Å². The van der Waals surface area contributed by atoms with Gasteiger partial charge >= 0.3 is 0 Å². The largest absolute Gasteiger partial charge is 0.368 e. The van der Waals surface area contributed by atoms with Crippen LogP contribution >= 0.6 is 0 Å². The molecular formula is C12H13N3O. The summed E-state index contributed by atoms with van der Waals surface area (Å²) in [7, 11) is 1.71. The van der Waals surface area contributed by atoms with Gasteiger partial charge in [0.1, 0.15) is 6.04 Å². The van der Waals surface area contributed by atoms with Gasteiger partial charge in [-0.25, -0.2) is 0 Å². The number of aromatic nitrogens is 1. The second kappa shape index (κ2) is 4.28. The van der Waals surface area contributed by atoms with Crippen molar-refractivity contribution in [3.8, 4) is 0 Å². The molecule has 82 valence electrons. The molecule has 4 heteroatoms. The Kier molecular flexibility index (Phi) is 2.83. The summed E-state index contributed by atoms with van der Waals surface area (Å²) < 4.78 is 0. The molecule has 0 saturated carbocycles. The summed E-state index contributed by atoms with van der Waals surface area (Å²) in [6.07, 6.45) is 1.74. The van der Waals surface area contributed by atoms with E-state index in [0.717, 1.165) is 16.5 Å². The maximum atomic E-state index is 11.2. The minimum absolute atomic E-state index is 0.384. The molecule has 2 rings (SSSR count). The quantitative estimate of drug-likeness (QED) is 0.802. The number of nitrogens with two attached hydrogens (primary N) is 1. The van der Waals surface area contributed by atoms with Gasteiger partial charge in [0, 0.05) is 11.6 Å². The zero-order valence-electron chi connectivity index (χ0n) is 8.97. The SMILES string of the molecule is CNC(C(N)=O)c1ccc2ncccc2c1. The molecule has 0 saturated heterocycles. The molecule has 0 spiro atoms. The number of likely N-dealkylation sites (N-methyl/N-ethyl adjacent to an activating group) is 1. The Labute approximate surface area is 93.5 Å². The molecule has 1 atom stereocenters. The zero-order valence-corrected chi connectivity index (χ0v) is 8.97. The molecule has 0 radical (unpaired) electrons. The van der Waals surface area contributed by atoms with Crippen LogP contribution < -0.4 is 11.1 Å². The predicted molar refractivity (Wildman–Crippen MR) is 62.7 cm³/mol. The number of hydrogen-bond acceptors (Lipinski definition) is 3. The highest BCUT2D eigenvalue weighted by molar-refractivity contribution is 5.85. The van der Waals surface area contributed by atoms with Gasteiger partial charge in [-0.3, -0.25) is 9.78 Å². The first-order valence-electron chi connectivity index (χ1n) is 5.03. The molecule has 0 aliphatic carbocycles. The topological polar surface area (TPSA) is 68.0 Å². The molecule has 0 aliphatic heterocycles. The molecule has 3 N–H and O–H groups in total. The molecule has 1 aromatic heterocycles. The molecule has 1 unspecified atom stereocenters. The van der Waals surface area contributed by atoms with Crippen molar-refractivity contribution < 1.29 is 4.79 Å². The predicted octanol–water partition coefficient (Wildman–Crippen LogP) is 0.981. The van der Waals surface area contributed by atoms with Gasteiger partial charge in [-0.15, -0.1) is 0 Å². The standard InChI is InChI=1S/C12H13N3O/c1-14-11(12(13)16)9-4-5-10-8(7-9)3-2-6-15-10/h2-7,11,14H,1H3,(H2,13,16). The van der Waals surface area contributed by atoms with Gasteiger partial charge in [0.2, 0.25) is 5.91 Å². The van der Waals surface area contributed by atoms with E-state index in [9.17, 15) is 4.79 Å². The zero-order chi connectivity index (χ0) is 11.5. The number of carbonyl (C=O) groups is 1. The third-order valence-corrected chi connectivity index (χ3v) is 2.53. The van der Waals surface area contributed by atoms with E-state index >= 15 is 0 Å². The Morgan fingerprint density at radius 1 is 1.44 bits per heavy atom. The summed E-state index contributed by atoms with van der Waals surface area (Å²) in [6, 6.07) is 9.04. The molecule has 0 fully saturated rings. The number of benzene rings is 1. The van der Waals surface area contributed by atoms with Crippen LogP contribution in [0, 0.1) is 0 Å². The van der Waals surface area contributed by atoms with Crippen molar-refractivity contribution >= 4 is 16.8 Å². The van der Waals surface area contributed by atoms with Crippen molar-refractivity contribution in [2.24, 2.45) is 5.73 Å². The lowest BCUT2D eigenvalue weighted by atomic mass is 10.0. The van der Waals surface area contributed by atoms with E-state index in [0.29, 0.717) is 0 Å². The van der Waals surface area contributed by atoms with Gasteiger partial charge in [-0.1, -0.05) is 12.1 Å². The number of pyridine rings is 1. The molecule has 0 aliphatic rings. The summed E-state index contributed by atoms with van der Waals surface area (Å²) in [6.45, 7) is 0. The van der Waals surface area contributed by atoms with E-state index in [1.165, 1.54) is 0 Å². The third kappa shape index (κ3) is 1.87. The van der Waals surface area contributed by atoms with Crippen molar-refractivity contribution in [3.05, 3.63) is 42.1 Å². The highest BCUT2D eigenvalue weighted by atomic mass is 16.1. The second-order valence-corrected chi connectivity index (χ2v) is 3.58. The molecular weight excluding hydrogens is 202 g/mol. The number of hydrogen-bond donors (Lipinski definition) is 2. The first kappa shape index (κ1) is 10.6. The first-order chi connectivity index (χ1) is 7.72. The molecule has 1 heterocycles. The summed E-state index contributed by atoms with van der Waals surface area (Å²) in [4.78, 5) is 15.4. The first-order valence-corrected chi connectivity index (χ1v) is 5.03. The van der Waals surface area contributed by atoms with Crippen LogP contribution in [0.5, 0.6) is 0 Å². The van der Waals surface area contributed by atoms with E-state index in [4.69, 9.17) is 5.73 Å². The summed E-state index contributed by atoms with van der Waals surface area (Å²) in [5, 5.41) is 3.89. The number of carbonyl (C=O) groups excluding carboxylic acids is 1. The van der Waals surface area contributed by atoms with Crippen LogP contribution in [-0.4, -0.2) is 17.9 Å². The molecule has 1 amide bonds. The van der Waals surface area contributed by atoms with Gasteiger partial charge in [0.25, 0.3) is 0 Å².